The number of hydrogen-bond donors (Lipinski definition) is 3. The third-order valence-corrected chi connectivity index (χ3v) is 3.80. The minimum absolute atomic E-state index is 0.159. The summed E-state index contributed by atoms with van der Waals surface area (Å²) in [6, 6.07) is 5.94. The Kier molecular flexibility index (Phi) is 8.48. The highest BCUT2D eigenvalue weighted by Crippen LogP contribution is 2.15. The summed E-state index contributed by atoms with van der Waals surface area (Å²) in [5, 5.41) is 10.9. The molecule has 1 aromatic rings. The molecule has 0 amide bonds. The van der Waals surface area contributed by atoms with Gasteiger partial charge < -0.3 is 15.4 Å². The highest BCUT2D eigenvalue weighted by molar-refractivity contribution is 7.89. The van der Waals surface area contributed by atoms with Crippen LogP contribution in [-0.2, 0) is 10.0 Å². The van der Waals surface area contributed by atoms with E-state index in [9.17, 15) is 12.8 Å². The van der Waals surface area contributed by atoms with E-state index in [1.807, 2.05) is 13.8 Å². The molecular weight excluding hydrogens is 335 g/mol. The van der Waals surface area contributed by atoms with Crippen LogP contribution < -0.4 is 20.5 Å². The second-order valence-electron chi connectivity index (χ2n) is 5.12. The lowest BCUT2D eigenvalue weighted by Crippen LogP contribution is -2.41. The van der Waals surface area contributed by atoms with Crippen LogP contribution in [0.4, 0.5) is 4.39 Å². The van der Waals surface area contributed by atoms with E-state index < -0.39 is 10.0 Å². The number of ether oxygens (including phenoxy) is 1. The van der Waals surface area contributed by atoms with Gasteiger partial charge in [-0.1, -0.05) is 13.0 Å². The van der Waals surface area contributed by atoms with Gasteiger partial charge in [-0.15, -0.1) is 0 Å². The quantitative estimate of drug-likeness (QED) is 0.447. The highest BCUT2D eigenvalue weighted by atomic mass is 32.2. The lowest BCUT2D eigenvalue weighted by molar-refractivity contribution is 0.205. The van der Waals surface area contributed by atoms with Crippen LogP contribution in [0.3, 0.4) is 0 Å². The van der Waals surface area contributed by atoms with Gasteiger partial charge in [0.05, 0.1) is 12.3 Å². The number of halogens is 1. The third-order valence-electron chi connectivity index (χ3n) is 3.03. The van der Waals surface area contributed by atoms with Crippen LogP contribution in [-0.4, -0.2) is 45.9 Å². The van der Waals surface area contributed by atoms with Gasteiger partial charge in [-0.05, 0) is 25.5 Å². The zero-order chi connectivity index (χ0) is 18.0. The Hall–Kier alpha value is -1.87. The standard InChI is InChI=1S/C15H25FN4O3S/c1-3-13(23-14-7-5-6-12(16)10-14)11-20-15(18-4-2)19-8-9-24(17,21)22/h5-7,10,13H,3-4,8-9,11H2,1-2H3,(H2,17,21,22)(H2,18,19,20). The molecule has 7 nitrogen and oxygen atoms in total. The Bertz CT molecular complexity index is 637. The van der Waals surface area contributed by atoms with Gasteiger partial charge in [-0.25, -0.2) is 22.9 Å². The molecule has 0 saturated heterocycles. The average molecular weight is 360 g/mol. The predicted octanol–water partition coefficient (Wildman–Crippen LogP) is 0.827. The first kappa shape index (κ1) is 20.2. The summed E-state index contributed by atoms with van der Waals surface area (Å²) in [7, 11) is -3.52. The van der Waals surface area contributed by atoms with Crippen molar-refractivity contribution in [3.8, 4) is 5.75 Å². The zero-order valence-corrected chi connectivity index (χ0v) is 14.8. The van der Waals surface area contributed by atoms with Crippen molar-refractivity contribution in [3.63, 3.8) is 0 Å². The van der Waals surface area contributed by atoms with Crippen molar-refractivity contribution in [1.82, 2.24) is 10.6 Å². The fourth-order valence-electron chi connectivity index (χ4n) is 1.83. The van der Waals surface area contributed by atoms with Crippen molar-refractivity contribution >= 4 is 16.0 Å². The summed E-state index contributed by atoms with van der Waals surface area (Å²) in [6.45, 7) is 4.98. The molecular formula is C15H25FN4O3S. The molecule has 0 aliphatic carbocycles. The molecule has 0 fully saturated rings. The van der Waals surface area contributed by atoms with Crippen LogP contribution in [0.5, 0.6) is 5.75 Å². The zero-order valence-electron chi connectivity index (χ0n) is 14.0. The fraction of sp³-hybridized carbons (Fsp3) is 0.533. The summed E-state index contributed by atoms with van der Waals surface area (Å²) in [5.41, 5.74) is 0. The molecule has 24 heavy (non-hydrogen) atoms. The molecule has 1 rings (SSSR count). The van der Waals surface area contributed by atoms with Gasteiger partial charge >= 0.3 is 0 Å². The maximum atomic E-state index is 13.2. The molecule has 4 N–H and O–H groups in total. The SMILES string of the molecule is CCNC(=NCC(CC)Oc1cccc(F)c1)NCCS(N)(=O)=O. The van der Waals surface area contributed by atoms with E-state index in [1.54, 1.807) is 12.1 Å². The second-order valence-corrected chi connectivity index (χ2v) is 6.85. The van der Waals surface area contributed by atoms with Crippen molar-refractivity contribution in [1.29, 1.82) is 0 Å². The second kappa shape index (κ2) is 10.1. The van der Waals surface area contributed by atoms with Crippen molar-refractivity contribution < 1.29 is 17.5 Å². The number of aliphatic imine (C=N–C) groups is 1. The molecule has 0 radical (unpaired) electrons. The maximum absolute atomic E-state index is 13.2. The summed E-state index contributed by atoms with van der Waals surface area (Å²) in [6.07, 6.45) is 0.469. The van der Waals surface area contributed by atoms with Gasteiger partial charge in [0.2, 0.25) is 10.0 Å². The van der Waals surface area contributed by atoms with Crippen LogP contribution >= 0.6 is 0 Å². The van der Waals surface area contributed by atoms with Crippen LogP contribution in [0.25, 0.3) is 0 Å². The molecule has 1 atom stereocenters. The number of nitrogens with one attached hydrogen (secondary N) is 2. The van der Waals surface area contributed by atoms with E-state index in [1.165, 1.54) is 12.1 Å². The minimum Gasteiger partial charge on any atom is -0.488 e. The van der Waals surface area contributed by atoms with Crippen LogP contribution in [0, 0.1) is 5.82 Å². The molecule has 0 spiro atoms. The number of nitrogens with two attached hydrogens (primary N) is 1. The van der Waals surface area contributed by atoms with E-state index in [0.717, 1.165) is 0 Å². The van der Waals surface area contributed by atoms with Gasteiger partial charge in [-0.3, -0.25) is 0 Å². The Labute approximate surface area is 142 Å². The third kappa shape index (κ3) is 8.68. The number of benzene rings is 1. The number of sulfonamides is 1. The average Bonchev–Trinajstić information content (AvgIpc) is 2.50. The largest absolute Gasteiger partial charge is 0.488 e. The van der Waals surface area contributed by atoms with Crippen molar-refractivity contribution in [2.75, 3.05) is 25.4 Å². The van der Waals surface area contributed by atoms with Crippen LogP contribution in [0.2, 0.25) is 0 Å². The number of primary sulfonamides is 1. The van der Waals surface area contributed by atoms with Gasteiger partial charge in [0.15, 0.2) is 5.96 Å². The van der Waals surface area contributed by atoms with Crippen molar-refractivity contribution in [2.45, 2.75) is 26.4 Å². The van der Waals surface area contributed by atoms with E-state index in [0.29, 0.717) is 31.2 Å². The van der Waals surface area contributed by atoms with E-state index in [4.69, 9.17) is 9.88 Å². The number of rotatable bonds is 9. The smallest absolute Gasteiger partial charge is 0.210 e. The van der Waals surface area contributed by atoms with Gasteiger partial charge in [-0.2, -0.15) is 0 Å². The Morgan fingerprint density at radius 2 is 2.12 bits per heavy atom. The Balaban J connectivity index is 2.60. The highest BCUT2D eigenvalue weighted by Gasteiger charge is 2.09. The number of guanidine groups is 1. The Morgan fingerprint density at radius 1 is 1.38 bits per heavy atom. The van der Waals surface area contributed by atoms with Crippen molar-refractivity contribution in [3.05, 3.63) is 30.1 Å². The topological polar surface area (TPSA) is 106 Å². The summed E-state index contributed by atoms with van der Waals surface area (Å²) in [5.74, 6) is 0.379. The van der Waals surface area contributed by atoms with Gasteiger partial charge in [0.25, 0.3) is 0 Å². The summed E-state index contributed by atoms with van der Waals surface area (Å²) in [4.78, 5) is 4.36. The molecule has 0 aliphatic heterocycles. The van der Waals surface area contributed by atoms with Gasteiger partial charge in [0, 0.05) is 19.2 Å². The van der Waals surface area contributed by atoms with Crippen molar-refractivity contribution in [2.24, 2.45) is 10.1 Å². The minimum atomic E-state index is -3.52. The molecule has 0 aliphatic rings. The predicted molar refractivity (Wildman–Crippen MR) is 93.1 cm³/mol. The number of hydrogen-bond acceptors (Lipinski definition) is 4. The number of nitrogens with zero attached hydrogens (tertiary/aromatic N) is 1. The summed E-state index contributed by atoms with van der Waals surface area (Å²) >= 11 is 0. The van der Waals surface area contributed by atoms with Gasteiger partial charge in [0.1, 0.15) is 17.7 Å². The van der Waals surface area contributed by atoms with Crippen LogP contribution in [0.1, 0.15) is 20.3 Å². The first-order valence-electron chi connectivity index (χ1n) is 7.79. The first-order valence-corrected chi connectivity index (χ1v) is 9.50. The molecule has 1 aromatic carbocycles. The molecule has 0 aromatic heterocycles. The normalized spacial score (nSPS) is 13.4. The Morgan fingerprint density at radius 3 is 2.71 bits per heavy atom. The molecule has 1 unspecified atom stereocenters. The molecule has 0 saturated carbocycles. The first-order chi connectivity index (χ1) is 11.3. The molecule has 136 valence electrons. The van der Waals surface area contributed by atoms with E-state index in [2.05, 4.69) is 15.6 Å². The fourth-order valence-corrected chi connectivity index (χ4v) is 2.22. The van der Waals surface area contributed by atoms with Crippen LogP contribution in [0.15, 0.2) is 29.3 Å². The molecule has 0 heterocycles. The monoisotopic (exact) mass is 360 g/mol. The lowest BCUT2D eigenvalue weighted by atomic mass is 10.2. The maximum Gasteiger partial charge on any atom is 0.210 e. The van der Waals surface area contributed by atoms with E-state index in [-0.39, 0.29) is 24.2 Å². The molecule has 9 heteroatoms. The summed E-state index contributed by atoms with van der Waals surface area (Å²) < 4.78 is 40.8. The van der Waals surface area contributed by atoms with E-state index >= 15 is 0 Å². The lowest BCUT2D eigenvalue weighted by Gasteiger charge is -2.17. The molecule has 0 bridgehead atoms.